The van der Waals surface area contributed by atoms with E-state index < -0.39 is 5.97 Å². The molecule has 0 aliphatic rings. The number of carbonyl (C=O) groups is 1. The average Bonchev–Trinajstić information content (AvgIpc) is 2.75. The van der Waals surface area contributed by atoms with Crippen LogP contribution in [0.2, 0.25) is 0 Å². The molecular formula is C12H14N4O2. The maximum atomic E-state index is 10.5. The van der Waals surface area contributed by atoms with Crippen molar-refractivity contribution in [3.63, 3.8) is 0 Å². The Balaban J connectivity index is 2.27. The van der Waals surface area contributed by atoms with Gasteiger partial charge in [0.2, 0.25) is 0 Å². The van der Waals surface area contributed by atoms with Crippen LogP contribution in [0, 0.1) is 13.8 Å². The molecule has 0 aliphatic heterocycles. The van der Waals surface area contributed by atoms with Crippen molar-refractivity contribution in [2.75, 3.05) is 0 Å². The summed E-state index contributed by atoms with van der Waals surface area (Å²) in [4.78, 5) is 11.9. The van der Waals surface area contributed by atoms with E-state index >= 15 is 0 Å². The normalized spacial score (nSPS) is 10.6. The van der Waals surface area contributed by atoms with Gasteiger partial charge in [-0.05, 0) is 30.2 Å². The molecule has 1 N–H and O–H groups in total. The highest BCUT2D eigenvalue weighted by atomic mass is 16.4. The number of benzene rings is 1. The van der Waals surface area contributed by atoms with E-state index in [1.54, 1.807) is 0 Å². The lowest BCUT2D eigenvalue weighted by Crippen LogP contribution is -2.04. The highest BCUT2D eigenvalue weighted by Gasteiger charge is 2.10. The summed E-state index contributed by atoms with van der Waals surface area (Å²) < 4.78 is 0. The number of aliphatic carboxylic acids is 1. The van der Waals surface area contributed by atoms with Crippen molar-refractivity contribution < 1.29 is 9.90 Å². The summed E-state index contributed by atoms with van der Waals surface area (Å²) in [6, 6.07) is 5.92. The molecule has 2 rings (SSSR count). The molecule has 0 bridgehead atoms. The first-order valence-electron chi connectivity index (χ1n) is 5.65. The van der Waals surface area contributed by atoms with Crippen LogP contribution in [0.25, 0.3) is 5.69 Å². The summed E-state index contributed by atoms with van der Waals surface area (Å²) in [6.45, 7) is 3.95. The van der Waals surface area contributed by atoms with Crippen molar-refractivity contribution >= 4 is 5.97 Å². The molecule has 0 amide bonds. The number of hydrogen-bond acceptors (Lipinski definition) is 4. The van der Waals surface area contributed by atoms with Crippen LogP contribution in [0.1, 0.15) is 23.4 Å². The van der Waals surface area contributed by atoms with Gasteiger partial charge in [0.15, 0.2) is 5.82 Å². The fourth-order valence-corrected chi connectivity index (χ4v) is 1.78. The van der Waals surface area contributed by atoms with E-state index in [0.717, 1.165) is 16.8 Å². The Morgan fingerprint density at radius 1 is 1.33 bits per heavy atom. The van der Waals surface area contributed by atoms with E-state index in [4.69, 9.17) is 5.11 Å². The molecule has 0 fully saturated rings. The molecule has 0 spiro atoms. The smallest absolute Gasteiger partial charge is 0.303 e. The van der Waals surface area contributed by atoms with Gasteiger partial charge in [0.1, 0.15) is 0 Å². The maximum absolute atomic E-state index is 10.5. The number of carboxylic acid groups (broad SMARTS) is 1. The summed E-state index contributed by atoms with van der Waals surface area (Å²) in [5.74, 6) is -0.418. The van der Waals surface area contributed by atoms with E-state index in [1.807, 2.05) is 32.0 Å². The molecule has 6 heteroatoms. The second-order valence-corrected chi connectivity index (χ2v) is 4.13. The Bertz CT molecular complexity index is 557. The third-order valence-corrected chi connectivity index (χ3v) is 2.66. The molecule has 94 valence electrons. The van der Waals surface area contributed by atoms with Crippen LogP contribution in [0.15, 0.2) is 18.2 Å². The number of nitrogens with zero attached hydrogens (tertiary/aromatic N) is 4. The monoisotopic (exact) mass is 246 g/mol. The zero-order valence-corrected chi connectivity index (χ0v) is 10.3. The van der Waals surface area contributed by atoms with Crippen molar-refractivity contribution in [1.82, 2.24) is 20.2 Å². The minimum absolute atomic E-state index is 0.0123. The van der Waals surface area contributed by atoms with Gasteiger partial charge in [-0.1, -0.05) is 18.2 Å². The third-order valence-electron chi connectivity index (χ3n) is 2.66. The molecule has 1 heterocycles. The molecule has 0 saturated carbocycles. The van der Waals surface area contributed by atoms with E-state index in [9.17, 15) is 4.79 Å². The molecule has 0 atom stereocenters. The number of rotatable bonds is 4. The van der Waals surface area contributed by atoms with Crippen molar-refractivity contribution in [1.29, 1.82) is 0 Å². The Hall–Kier alpha value is -2.24. The summed E-state index contributed by atoms with van der Waals surface area (Å²) in [7, 11) is 0. The summed E-state index contributed by atoms with van der Waals surface area (Å²) >= 11 is 0. The molecule has 18 heavy (non-hydrogen) atoms. The van der Waals surface area contributed by atoms with Crippen LogP contribution in [-0.4, -0.2) is 31.3 Å². The molecule has 0 aliphatic carbocycles. The van der Waals surface area contributed by atoms with Crippen molar-refractivity contribution in [3.8, 4) is 5.69 Å². The van der Waals surface area contributed by atoms with Crippen LogP contribution < -0.4 is 0 Å². The SMILES string of the molecule is Cc1cccc(C)c1-n1nnc(CCC(=O)O)n1. The van der Waals surface area contributed by atoms with Crippen molar-refractivity contribution in [2.45, 2.75) is 26.7 Å². The summed E-state index contributed by atoms with van der Waals surface area (Å²) in [6.07, 6.45) is 0.304. The topological polar surface area (TPSA) is 80.9 Å². The number of tetrazole rings is 1. The van der Waals surface area contributed by atoms with Crippen LogP contribution >= 0.6 is 0 Å². The van der Waals surface area contributed by atoms with Gasteiger partial charge in [0, 0.05) is 6.42 Å². The molecule has 0 unspecified atom stereocenters. The second kappa shape index (κ2) is 4.95. The molecule has 2 aromatic rings. The summed E-state index contributed by atoms with van der Waals surface area (Å²) in [5.41, 5.74) is 3.00. The fourth-order valence-electron chi connectivity index (χ4n) is 1.78. The predicted octanol–water partition coefficient (Wildman–Crippen LogP) is 1.30. The number of carboxylic acids is 1. The third kappa shape index (κ3) is 2.53. The van der Waals surface area contributed by atoms with Gasteiger partial charge in [-0.15, -0.1) is 15.0 Å². The van der Waals surface area contributed by atoms with E-state index in [2.05, 4.69) is 15.4 Å². The Labute approximate surface area is 104 Å². The van der Waals surface area contributed by atoms with Gasteiger partial charge in [-0.3, -0.25) is 4.79 Å². The molecule has 1 aromatic carbocycles. The van der Waals surface area contributed by atoms with Gasteiger partial charge in [-0.2, -0.15) is 0 Å². The van der Waals surface area contributed by atoms with Gasteiger partial charge < -0.3 is 5.11 Å². The first-order valence-corrected chi connectivity index (χ1v) is 5.65. The molecule has 1 aromatic heterocycles. The minimum atomic E-state index is -0.863. The van der Waals surface area contributed by atoms with E-state index in [1.165, 1.54) is 4.80 Å². The lowest BCUT2D eigenvalue weighted by Gasteiger charge is -2.06. The largest absolute Gasteiger partial charge is 0.481 e. The Morgan fingerprint density at radius 2 is 2.00 bits per heavy atom. The van der Waals surface area contributed by atoms with Gasteiger partial charge in [-0.25, -0.2) is 0 Å². The molecule has 6 nitrogen and oxygen atoms in total. The van der Waals surface area contributed by atoms with Gasteiger partial charge >= 0.3 is 5.97 Å². The Kier molecular flexibility index (Phi) is 3.36. The highest BCUT2D eigenvalue weighted by Crippen LogP contribution is 2.16. The number of aryl methyl sites for hydroxylation is 3. The Morgan fingerprint density at radius 3 is 2.61 bits per heavy atom. The second-order valence-electron chi connectivity index (χ2n) is 4.13. The zero-order chi connectivity index (χ0) is 13.1. The van der Waals surface area contributed by atoms with Gasteiger partial charge in [0.05, 0.1) is 12.1 Å². The molecule has 0 radical (unpaired) electrons. The minimum Gasteiger partial charge on any atom is -0.481 e. The lowest BCUT2D eigenvalue weighted by atomic mass is 10.1. The van der Waals surface area contributed by atoms with E-state index in [0.29, 0.717) is 12.2 Å². The standard InChI is InChI=1S/C12H14N4O2/c1-8-4-3-5-9(2)12(8)16-14-10(13-15-16)6-7-11(17)18/h3-5H,6-7H2,1-2H3,(H,17,18). The van der Waals surface area contributed by atoms with Crippen LogP contribution in [0.4, 0.5) is 0 Å². The predicted molar refractivity (Wildman–Crippen MR) is 64.6 cm³/mol. The fraction of sp³-hybridized carbons (Fsp3) is 0.333. The summed E-state index contributed by atoms with van der Waals surface area (Å²) in [5, 5.41) is 20.6. The number of para-hydroxylation sites is 1. The number of hydrogen-bond donors (Lipinski definition) is 1. The first kappa shape index (κ1) is 12.2. The highest BCUT2D eigenvalue weighted by molar-refractivity contribution is 5.66. The van der Waals surface area contributed by atoms with Gasteiger partial charge in [0.25, 0.3) is 0 Å². The van der Waals surface area contributed by atoms with Crippen LogP contribution in [0.5, 0.6) is 0 Å². The van der Waals surface area contributed by atoms with Crippen LogP contribution in [0.3, 0.4) is 0 Å². The van der Waals surface area contributed by atoms with E-state index in [-0.39, 0.29) is 6.42 Å². The van der Waals surface area contributed by atoms with Crippen molar-refractivity contribution in [3.05, 3.63) is 35.2 Å². The molecular weight excluding hydrogens is 232 g/mol. The van der Waals surface area contributed by atoms with Crippen LogP contribution in [-0.2, 0) is 11.2 Å². The quantitative estimate of drug-likeness (QED) is 0.879. The first-order chi connectivity index (χ1) is 8.58. The number of aromatic nitrogens is 4. The zero-order valence-electron chi connectivity index (χ0n) is 10.3. The maximum Gasteiger partial charge on any atom is 0.303 e. The average molecular weight is 246 g/mol. The van der Waals surface area contributed by atoms with Crippen molar-refractivity contribution in [2.24, 2.45) is 0 Å². The lowest BCUT2D eigenvalue weighted by molar-refractivity contribution is -0.137. The molecule has 0 saturated heterocycles.